The Balaban J connectivity index is 1.69. The van der Waals surface area contributed by atoms with Gasteiger partial charge < -0.3 is 4.74 Å². The molecule has 2 aromatic carbocycles. The number of benzene rings is 2. The predicted molar refractivity (Wildman–Crippen MR) is 93.2 cm³/mol. The van der Waals surface area contributed by atoms with Crippen LogP contribution in [0.3, 0.4) is 0 Å². The number of sulfonamides is 1. The van der Waals surface area contributed by atoms with Crippen LogP contribution in [0, 0.1) is 0 Å². The number of ether oxygens (including phenoxy) is 1. The molecule has 0 atom stereocenters. The molecule has 0 saturated carbocycles. The van der Waals surface area contributed by atoms with Gasteiger partial charge in [0.2, 0.25) is 0 Å². The molecule has 5 nitrogen and oxygen atoms in total. The fourth-order valence-corrected chi connectivity index (χ4v) is 4.04. The Morgan fingerprint density at radius 1 is 1.17 bits per heavy atom. The van der Waals surface area contributed by atoms with Gasteiger partial charge in [0, 0.05) is 11.8 Å². The summed E-state index contributed by atoms with van der Waals surface area (Å²) in [6.07, 6.45) is 2.18. The fraction of sp³-hybridized carbons (Fsp3) is 0.118. The maximum atomic E-state index is 12.6. The van der Waals surface area contributed by atoms with E-state index in [2.05, 4.69) is 9.71 Å². The zero-order valence-corrected chi connectivity index (χ0v) is 14.1. The number of hydrogen-bond donors (Lipinski definition) is 1. The van der Waals surface area contributed by atoms with Crippen molar-refractivity contribution in [3.8, 4) is 5.75 Å². The van der Waals surface area contributed by atoms with E-state index < -0.39 is 10.0 Å². The summed E-state index contributed by atoms with van der Waals surface area (Å²) in [7, 11) is -3.69. The molecule has 1 aliphatic heterocycles. The van der Waals surface area contributed by atoms with Gasteiger partial charge in [-0.2, -0.15) is 0 Å². The first-order chi connectivity index (χ1) is 11.5. The summed E-state index contributed by atoms with van der Waals surface area (Å²) in [4.78, 5) is 4.44. The molecule has 0 aliphatic carbocycles. The van der Waals surface area contributed by atoms with Crippen molar-refractivity contribution in [2.24, 2.45) is 0 Å². The van der Waals surface area contributed by atoms with Gasteiger partial charge >= 0.3 is 0 Å². The average molecular weight is 361 g/mol. The molecule has 0 spiro atoms. The fourth-order valence-electron chi connectivity index (χ4n) is 2.72. The standard InChI is InChI=1S/C17H13ClN2O3S/c18-15-3-1-2-12-8-13(10-19-17(12)15)20-24(21,22)14-4-5-16-11(9-14)6-7-23-16/h1-5,8-10,20H,6-7H2. The maximum absolute atomic E-state index is 12.6. The van der Waals surface area contributed by atoms with Crippen molar-refractivity contribution in [2.45, 2.75) is 11.3 Å². The zero-order valence-electron chi connectivity index (χ0n) is 12.5. The van der Waals surface area contributed by atoms with Crippen molar-refractivity contribution in [2.75, 3.05) is 11.3 Å². The molecule has 0 bridgehead atoms. The third-order valence-corrected chi connectivity index (χ3v) is 5.57. The highest BCUT2D eigenvalue weighted by molar-refractivity contribution is 7.92. The van der Waals surface area contributed by atoms with Gasteiger partial charge in [-0.15, -0.1) is 0 Å². The zero-order chi connectivity index (χ0) is 16.7. The highest BCUT2D eigenvalue weighted by atomic mass is 35.5. The van der Waals surface area contributed by atoms with Crippen LogP contribution < -0.4 is 9.46 Å². The first-order valence-corrected chi connectivity index (χ1v) is 9.22. The van der Waals surface area contributed by atoms with Gasteiger partial charge in [0.15, 0.2) is 0 Å². The van der Waals surface area contributed by atoms with Gasteiger partial charge in [-0.05, 0) is 35.9 Å². The topological polar surface area (TPSA) is 68.3 Å². The molecule has 0 unspecified atom stereocenters. The van der Waals surface area contributed by atoms with Crippen LogP contribution in [0.25, 0.3) is 10.9 Å². The van der Waals surface area contributed by atoms with E-state index in [0.717, 1.165) is 16.7 Å². The molecule has 1 N–H and O–H groups in total. The molecule has 3 aromatic rings. The van der Waals surface area contributed by atoms with Crippen molar-refractivity contribution in [1.29, 1.82) is 0 Å². The number of para-hydroxylation sites is 1. The molecule has 0 amide bonds. The Bertz CT molecular complexity index is 1050. The van der Waals surface area contributed by atoms with E-state index in [-0.39, 0.29) is 4.90 Å². The van der Waals surface area contributed by atoms with Crippen LogP contribution in [0.1, 0.15) is 5.56 Å². The van der Waals surface area contributed by atoms with Crippen molar-refractivity contribution < 1.29 is 13.2 Å². The summed E-state index contributed by atoms with van der Waals surface area (Å²) >= 11 is 6.08. The second-order valence-corrected chi connectivity index (χ2v) is 7.60. The smallest absolute Gasteiger partial charge is 0.261 e. The molecule has 1 aliphatic rings. The molecule has 24 heavy (non-hydrogen) atoms. The molecule has 122 valence electrons. The molecule has 0 saturated heterocycles. The lowest BCUT2D eigenvalue weighted by Crippen LogP contribution is -2.13. The number of hydrogen-bond acceptors (Lipinski definition) is 4. The second-order valence-electron chi connectivity index (χ2n) is 5.51. The number of pyridine rings is 1. The monoisotopic (exact) mass is 360 g/mol. The Morgan fingerprint density at radius 3 is 2.92 bits per heavy atom. The van der Waals surface area contributed by atoms with Crippen molar-refractivity contribution in [3.63, 3.8) is 0 Å². The van der Waals surface area contributed by atoms with Crippen molar-refractivity contribution in [1.82, 2.24) is 4.98 Å². The Morgan fingerprint density at radius 2 is 2.04 bits per heavy atom. The van der Waals surface area contributed by atoms with Gasteiger partial charge in [0.25, 0.3) is 10.0 Å². The number of halogens is 1. The molecule has 0 radical (unpaired) electrons. The summed E-state index contributed by atoms with van der Waals surface area (Å²) in [6, 6.07) is 12.0. The SMILES string of the molecule is O=S(=O)(Nc1cnc2c(Cl)cccc2c1)c1ccc2c(c1)CCO2. The summed E-state index contributed by atoms with van der Waals surface area (Å²) in [5, 5.41) is 1.30. The number of aromatic nitrogens is 1. The van der Waals surface area contributed by atoms with Crippen LogP contribution in [-0.4, -0.2) is 20.0 Å². The summed E-state index contributed by atoms with van der Waals surface area (Å²) in [5.41, 5.74) is 1.93. The largest absolute Gasteiger partial charge is 0.493 e. The lowest BCUT2D eigenvalue weighted by molar-refractivity contribution is 0.356. The quantitative estimate of drug-likeness (QED) is 0.774. The summed E-state index contributed by atoms with van der Waals surface area (Å²) in [6.45, 7) is 0.585. The van der Waals surface area contributed by atoms with Crippen molar-refractivity contribution in [3.05, 3.63) is 59.2 Å². The third-order valence-electron chi connectivity index (χ3n) is 3.89. The van der Waals surface area contributed by atoms with E-state index in [0.29, 0.717) is 29.3 Å². The molecule has 1 aromatic heterocycles. The second kappa shape index (κ2) is 5.65. The number of nitrogens with zero attached hydrogens (tertiary/aromatic N) is 1. The van der Waals surface area contributed by atoms with Gasteiger partial charge in [0.1, 0.15) is 5.75 Å². The normalized spacial score (nSPS) is 13.5. The molecule has 2 heterocycles. The first kappa shape index (κ1) is 15.2. The Hall–Kier alpha value is -2.31. The Kier molecular flexibility index (Phi) is 3.58. The van der Waals surface area contributed by atoms with Crippen LogP contribution in [0.5, 0.6) is 5.75 Å². The third kappa shape index (κ3) is 2.68. The highest BCUT2D eigenvalue weighted by Crippen LogP contribution is 2.29. The van der Waals surface area contributed by atoms with Crippen LogP contribution >= 0.6 is 11.6 Å². The molecule has 0 fully saturated rings. The maximum Gasteiger partial charge on any atom is 0.261 e. The van der Waals surface area contributed by atoms with E-state index in [1.165, 1.54) is 12.3 Å². The van der Waals surface area contributed by atoms with E-state index in [4.69, 9.17) is 16.3 Å². The summed E-state index contributed by atoms with van der Waals surface area (Å²) in [5.74, 6) is 0.746. The van der Waals surface area contributed by atoms with E-state index in [1.54, 1.807) is 30.3 Å². The minimum Gasteiger partial charge on any atom is -0.493 e. The predicted octanol–water partition coefficient (Wildman–Crippen LogP) is 3.62. The van der Waals surface area contributed by atoms with Crippen LogP contribution in [-0.2, 0) is 16.4 Å². The van der Waals surface area contributed by atoms with E-state index >= 15 is 0 Å². The number of rotatable bonds is 3. The van der Waals surface area contributed by atoms with Crippen LogP contribution in [0.15, 0.2) is 53.6 Å². The number of anilines is 1. The average Bonchev–Trinajstić information content (AvgIpc) is 3.02. The molecule has 7 heteroatoms. The number of fused-ring (bicyclic) bond motifs is 2. The van der Waals surface area contributed by atoms with E-state index in [9.17, 15) is 8.42 Å². The highest BCUT2D eigenvalue weighted by Gasteiger charge is 2.19. The van der Waals surface area contributed by atoms with Crippen molar-refractivity contribution >= 4 is 38.2 Å². The minimum absolute atomic E-state index is 0.206. The Labute approximate surface area is 144 Å². The lowest BCUT2D eigenvalue weighted by atomic mass is 10.2. The molecular formula is C17H13ClN2O3S. The van der Waals surface area contributed by atoms with Gasteiger partial charge in [0.05, 0.1) is 33.9 Å². The van der Waals surface area contributed by atoms with E-state index in [1.807, 2.05) is 6.07 Å². The van der Waals surface area contributed by atoms with Gasteiger partial charge in [-0.25, -0.2) is 8.42 Å². The first-order valence-electron chi connectivity index (χ1n) is 7.36. The summed E-state index contributed by atoms with van der Waals surface area (Å²) < 4.78 is 33.2. The van der Waals surface area contributed by atoms with Crippen LogP contribution in [0.4, 0.5) is 5.69 Å². The van der Waals surface area contributed by atoms with Crippen LogP contribution in [0.2, 0.25) is 5.02 Å². The number of nitrogens with one attached hydrogen (secondary N) is 1. The minimum atomic E-state index is -3.69. The lowest BCUT2D eigenvalue weighted by Gasteiger charge is -2.10. The molecular weight excluding hydrogens is 348 g/mol. The molecule has 4 rings (SSSR count). The van der Waals surface area contributed by atoms with Gasteiger partial charge in [-0.1, -0.05) is 23.7 Å². The van der Waals surface area contributed by atoms with Gasteiger partial charge in [-0.3, -0.25) is 9.71 Å².